The Balaban J connectivity index is 4.84. The summed E-state index contributed by atoms with van der Waals surface area (Å²) in [6.45, 7) is 5.54. The molecular weight excluding hydrogens is 264 g/mol. The van der Waals surface area contributed by atoms with Gasteiger partial charge in [0.05, 0.1) is 25.7 Å². The number of ether oxygens (including phenoxy) is 2. The second kappa shape index (κ2) is 9.63. The molecule has 0 rings (SSSR count). The standard InChI is InChI=1S/C14H24O6/c1-9(2)7-10(5-6-15)13(18)14(20-4)11(16)8-12(17)19-3/h6,10-11,13-14,16,18H,1,5,7-8H2,2-4H3/t10-,11+,13-,14-/m0/s1. The number of aliphatic hydroxyl groups excluding tert-OH is 2. The topological polar surface area (TPSA) is 93.1 Å². The van der Waals surface area contributed by atoms with Gasteiger partial charge in [0, 0.05) is 13.5 Å². The van der Waals surface area contributed by atoms with Crippen molar-refractivity contribution in [3.05, 3.63) is 12.2 Å². The van der Waals surface area contributed by atoms with E-state index < -0.39 is 30.2 Å². The molecule has 0 heterocycles. The number of carbonyl (C=O) groups excluding carboxylic acids is 2. The molecule has 6 heteroatoms. The van der Waals surface area contributed by atoms with Crippen molar-refractivity contribution < 1.29 is 29.3 Å². The van der Waals surface area contributed by atoms with Crippen LogP contribution in [0.4, 0.5) is 0 Å². The van der Waals surface area contributed by atoms with Crippen LogP contribution in [0, 0.1) is 5.92 Å². The molecule has 6 nitrogen and oxygen atoms in total. The first-order valence-corrected chi connectivity index (χ1v) is 6.41. The molecule has 0 radical (unpaired) electrons. The van der Waals surface area contributed by atoms with Crippen LogP contribution in [0.2, 0.25) is 0 Å². The average molecular weight is 288 g/mol. The molecule has 116 valence electrons. The predicted molar refractivity (Wildman–Crippen MR) is 73.0 cm³/mol. The van der Waals surface area contributed by atoms with Crippen LogP contribution in [0.3, 0.4) is 0 Å². The van der Waals surface area contributed by atoms with Crippen molar-refractivity contribution in [3.63, 3.8) is 0 Å². The predicted octanol–water partition coefficient (Wildman–Crippen LogP) is 0.458. The van der Waals surface area contributed by atoms with E-state index in [-0.39, 0.29) is 12.8 Å². The normalized spacial score (nSPS) is 16.9. The quantitative estimate of drug-likeness (QED) is 0.344. The van der Waals surface area contributed by atoms with Crippen LogP contribution in [0.1, 0.15) is 26.2 Å². The number of rotatable bonds is 10. The third-order valence-corrected chi connectivity index (χ3v) is 3.08. The minimum Gasteiger partial charge on any atom is -0.469 e. The molecule has 0 aromatic carbocycles. The van der Waals surface area contributed by atoms with Crippen molar-refractivity contribution in [2.24, 2.45) is 5.92 Å². The van der Waals surface area contributed by atoms with Crippen molar-refractivity contribution in [3.8, 4) is 0 Å². The molecule has 0 aromatic rings. The van der Waals surface area contributed by atoms with Gasteiger partial charge in [0.1, 0.15) is 12.4 Å². The van der Waals surface area contributed by atoms with Gasteiger partial charge in [-0.2, -0.15) is 0 Å². The lowest BCUT2D eigenvalue weighted by Crippen LogP contribution is -2.44. The van der Waals surface area contributed by atoms with Crippen LogP contribution in [0.25, 0.3) is 0 Å². The highest BCUT2D eigenvalue weighted by Crippen LogP contribution is 2.23. The smallest absolute Gasteiger partial charge is 0.308 e. The number of aliphatic hydroxyl groups is 2. The van der Waals surface area contributed by atoms with Crippen LogP contribution in [-0.2, 0) is 19.1 Å². The molecule has 20 heavy (non-hydrogen) atoms. The Morgan fingerprint density at radius 1 is 1.30 bits per heavy atom. The summed E-state index contributed by atoms with van der Waals surface area (Å²) in [5, 5.41) is 20.2. The van der Waals surface area contributed by atoms with Crippen LogP contribution >= 0.6 is 0 Å². The Hall–Kier alpha value is -1.24. The van der Waals surface area contributed by atoms with Crippen molar-refractivity contribution in [1.29, 1.82) is 0 Å². The maximum absolute atomic E-state index is 11.1. The van der Waals surface area contributed by atoms with E-state index in [1.165, 1.54) is 14.2 Å². The first-order valence-electron chi connectivity index (χ1n) is 6.41. The van der Waals surface area contributed by atoms with Gasteiger partial charge in [0.25, 0.3) is 0 Å². The van der Waals surface area contributed by atoms with Gasteiger partial charge in [0.2, 0.25) is 0 Å². The zero-order valence-electron chi connectivity index (χ0n) is 12.2. The third-order valence-electron chi connectivity index (χ3n) is 3.08. The van der Waals surface area contributed by atoms with Crippen molar-refractivity contribution >= 4 is 12.3 Å². The van der Waals surface area contributed by atoms with Gasteiger partial charge in [-0.15, -0.1) is 6.58 Å². The van der Waals surface area contributed by atoms with E-state index in [4.69, 9.17) is 4.74 Å². The highest BCUT2D eigenvalue weighted by molar-refractivity contribution is 5.69. The van der Waals surface area contributed by atoms with Crippen LogP contribution < -0.4 is 0 Å². The maximum atomic E-state index is 11.1. The van der Waals surface area contributed by atoms with Gasteiger partial charge >= 0.3 is 5.97 Å². The molecule has 0 unspecified atom stereocenters. The van der Waals surface area contributed by atoms with Crippen molar-refractivity contribution in [1.82, 2.24) is 0 Å². The molecule has 0 bridgehead atoms. The zero-order valence-corrected chi connectivity index (χ0v) is 12.2. The van der Waals surface area contributed by atoms with Crippen LogP contribution in [-0.4, -0.2) is 55.0 Å². The Morgan fingerprint density at radius 2 is 1.90 bits per heavy atom. The van der Waals surface area contributed by atoms with E-state index in [1.807, 2.05) is 0 Å². The van der Waals surface area contributed by atoms with Crippen LogP contribution in [0.15, 0.2) is 12.2 Å². The molecule has 0 spiro atoms. The van der Waals surface area contributed by atoms with E-state index in [2.05, 4.69) is 11.3 Å². The number of esters is 1. The molecule has 0 aliphatic heterocycles. The van der Waals surface area contributed by atoms with Crippen LogP contribution in [0.5, 0.6) is 0 Å². The Bertz CT molecular complexity index is 328. The van der Waals surface area contributed by atoms with E-state index >= 15 is 0 Å². The lowest BCUT2D eigenvalue weighted by Gasteiger charge is -2.31. The second-order valence-electron chi connectivity index (χ2n) is 4.86. The van der Waals surface area contributed by atoms with Crippen molar-refractivity contribution in [2.75, 3.05) is 14.2 Å². The summed E-state index contributed by atoms with van der Waals surface area (Å²) in [4.78, 5) is 21.8. The Kier molecular flexibility index (Phi) is 9.03. The fourth-order valence-corrected chi connectivity index (χ4v) is 2.08. The second-order valence-corrected chi connectivity index (χ2v) is 4.86. The van der Waals surface area contributed by atoms with E-state index in [9.17, 15) is 19.8 Å². The fraction of sp³-hybridized carbons (Fsp3) is 0.714. The lowest BCUT2D eigenvalue weighted by atomic mass is 9.87. The molecule has 4 atom stereocenters. The Labute approximate surface area is 119 Å². The van der Waals surface area contributed by atoms with Gasteiger partial charge in [0.15, 0.2) is 0 Å². The highest BCUT2D eigenvalue weighted by atomic mass is 16.5. The summed E-state index contributed by atoms with van der Waals surface area (Å²) in [5.41, 5.74) is 0.813. The first-order chi connectivity index (χ1) is 9.37. The summed E-state index contributed by atoms with van der Waals surface area (Å²) in [6.07, 6.45) is -2.28. The van der Waals surface area contributed by atoms with Gasteiger partial charge in [-0.25, -0.2) is 0 Å². The molecule has 0 fully saturated rings. The molecule has 2 N–H and O–H groups in total. The molecule has 0 saturated heterocycles. The third kappa shape index (κ3) is 6.27. The average Bonchev–Trinajstić information content (AvgIpc) is 2.38. The highest BCUT2D eigenvalue weighted by Gasteiger charge is 2.34. The number of carbonyl (C=O) groups is 2. The number of hydrogen-bond acceptors (Lipinski definition) is 6. The van der Waals surface area contributed by atoms with Gasteiger partial charge in [-0.1, -0.05) is 5.57 Å². The fourth-order valence-electron chi connectivity index (χ4n) is 2.08. The monoisotopic (exact) mass is 288 g/mol. The van der Waals surface area contributed by atoms with Gasteiger partial charge in [-0.05, 0) is 19.3 Å². The number of aldehydes is 1. The van der Waals surface area contributed by atoms with E-state index in [0.29, 0.717) is 12.7 Å². The van der Waals surface area contributed by atoms with Crippen molar-refractivity contribution in [2.45, 2.75) is 44.5 Å². The summed E-state index contributed by atoms with van der Waals surface area (Å²) in [5.74, 6) is -1.01. The lowest BCUT2D eigenvalue weighted by molar-refractivity contribution is -0.149. The molecule has 0 aromatic heterocycles. The minimum atomic E-state index is -1.21. The summed E-state index contributed by atoms with van der Waals surface area (Å²) >= 11 is 0. The molecular formula is C14H24O6. The Morgan fingerprint density at radius 3 is 2.30 bits per heavy atom. The first kappa shape index (κ1) is 18.8. The van der Waals surface area contributed by atoms with Gasteiger partial charge < -0.3 is 24.5 Å². The molecule has 0 amide bonds. The van der Waals surface area contributed by atoms with E-state index in [0.717, 1.165) is 5.57 Å². The number of methoxy groups -OCH3 is 2. The number of hydrogen-bond donors (Lipinski definition) is 2. The zero-order chi connectivity index (χ0) is 15.7. The largest absolute Gasteiger partial charge is 0.469 e. The summed E-state index contributed by atoms with van der Waals surface area (Å²) in [7, 11) is 2.54. The summed E-state index contributed by atoms with van der Waals surface area (Å²) < 4.78 is 9.54. The molecule has 0 aliphatic rings. The van der Waals surface area contributed by atoms with E-state index in [1.54, 1.807) is 6.92 Å². The maximum Gasteiger partial charge on any atom is 0.308 e. The van der Waals surface area contributed by atoms with Gasteiger partial charge in [-0.3, -0.25) is 4.79 Å². The number of allylic oxidation sites excluding steroid dienone is 1. The SMILES string of the molecule is C=C(C)C[C@H](CC=O)[C@H](O)[C@@H](OC)[C@H](O)CC(=O)OC. The minimum absolute atomic E-state index is 0.124. The molecule has 0 saturated carbocycles. The molecule has 0 aliphatic carbocycles. The summed E-state index contributed by atoms with van der Waals surface area (Å²) in [6, 6.07) is 0.